The molecular formula is C11H18N6O2. The van der Waals surface area contributed by atoms with Crippen molar-refractivity contribution < 1.29 is 0 Å². The second kappa shape index (κ2) is 5.27. The van der Waals surface area contributed by atoms with Gasteiger partial charge in [0.1, 0.15) is 0 Å². The largest absolute Gasteiger partial charge is 0.330 e. The van der Waals surface area contributed by atoms with Gasteiger partial charge in [0.2, 0.25) is 5.95 Å². The van der Waals surface area contributed by atoms with E-state index in [9.17, 15) is 9.59 Å². The van der Waals surface area contributed by atoms with E-state index < -0.39 is 11.2 Å². The molecule has 2 aromatic heterocycles. The molecule has 2 aromatic rings. The van der Waals surface area contributed by atoms with Crippen molar-refractivity contribution in [3.63, 3.8) is 0 Å². The minimum absolute atomic E-state index is 0.367. The lowest BCUT2D eigenvalue weighted by Gasteiger charge is -2.05. The number of unbranched alkanes of at least 4 members (excludes halogenated alkanes) is 1. The molecular weight excluding hydrogens is 248 g/mol. The van der Waals surface area contributed by atoms with Crippen LogP contribution in [-0.2, 0) is 13.1 Å². The summed E-state index contributed by atoms with van der Waals surface area (Å²) in [5.41, 5.74) is 2.31. The highest BCUT2D eigenvalue weighted by atomic mass is 16.2. The third kappa shape index (κ3) is 2.14. The fraction of sp³-hybridized carbons (Fsp3) is 0.545. The molecule has 0 bridgehead atoms. The van der Waals surface area contributed by atoms with Gasteiger partial charge in [-0.1, -0.05) is 13.3 Å². The van der Waals surface area contributed by atoms with Gasteiger partial charge in [0.25, 0.3) is 5.56 Å². The summed E-state index contributed by atoms with van der Waals surface area (Å²) in [7, 11) is 0. The van der Waals surface area contributed by atoms with Gasteiger partial charge in [0.15, 0.2) is 11.2 Å². The van der Waals surface area contributed by atoms with Crippen molar-refractivity contribution in [2.45, 2.75) is 39.8 Å². The van der Waals surface area contributed by atoms with Crippen LogP contribution in [0.15, 0.2) is 9.59 Å². The molecule has 0 aliphatic carbocycles. The van der Waals surface area contributed by atoms with E-state index in [-0.39, 0.29) is 0 Å². The van der Waals surface area contributed by atoms with Crippen LogP contribution >= 0.6 is 0 Å². The van der Waals surface area contributed by atoms with E-state index in [2.05, 4.69) is 15.4 Å². The molecule has 0 atom stereocenters. The number of aromatic amines is 1. The van der Waals surface area contributed by atoms with Gasteiger partial charge in [0, 0.05) is 13.1 Å². The van der Waals surface area contributed by atoms with Crippen molar-refractivity contribution in [3.8, 4) is 0 Å². The number of hydrogen-bond donors (Lipinski definition) is 3. The number of aromatic nitrogens is 4. The zero-order valence-corrected chi connectivity index (χ0v) is 11.1. The maximum Gasteiger partial charge on any atom is 0.330 e. The minimum atomic E-state index is -0.441. The van der Waals surface area contributed by atoms with E-state index in [0.717, 1.165) is 12.8 Å². The number of rotatable bonds is 5. The summed E-state index contributed by atoms with van der Waals surface area (Å²) in [6.07, 6.45) is 1.79. The summed E-state index contributed by atoms with van der Waals surface area (Å²) in [5.74, 6) is 5.77. The van der Waals surface area contributed by atoms with Crippen molar-refractivity contribution in [3.05, 3.63) is 20.8 Å². The molecule has 8 nitrogen and oxygen atoms in total. The summed E-state index contributed by atoms with van der Waals surface area (Å²) in [5, 5.41) is 0. The number of imidazole rings is 1. The summed E-state index contributed by atoms with van der Waals surface area (Å²) in [6.45, 7) is 4.97. The van der Waals surface area contributed by atoms with E-state index >= 15 is 0 Å². The molecule has 0 saturated carbocycles. The summed E-state index contributed by atoms with van der Waals surface area (Å²) >= 11 is 0. The van der Waals surface area contributed by atoms with Crippen LogP contribution in [0.5, 0.6) is 0 Å². The zero-order valence-electron chi connectivity index (χ0n) is 11.1. The molecule has 0 amide bonds. The maximum absolute atomic E-state index is 11.9. The molecule has 2 rings (SSSR count). The Kier molecular flexibility index (Phi) is 3.70. The molecule has 2 heterocycles. The van der Waals surface area contributed by atoms with E-state index in [1.807, 2.05) is 13.8 Å². The molecule has 104 valence electrons. The van der Waals surface area contributed by atoms with Gasteiger partial charge in [-0.05, 0) is 13.3 Å². The van der Waals surface area contributed by atoms with Crippen molar-refractivity contribution in [1.82, 2.24) is 19.1 Å². The van der Waals surface area contributed by atoms with Gasteiger partial charge < -0.3 is 4.57 Å². The van der Waals surface area contributed by atoms with E-state index in [1.165, 1.54) is 4.57 Å². The second-order valence-corrected chi connectivity index (χ2v) is 4.26. The van der Waals surface area contributed by atoms with E-state index in [0.29, 0.717) is 30.2 Å². The van der Waals surface area contributed by atoms with Gasteiger partial charge in [-0.2, -0.15) is 4.98 Å². The van der Waals surface area contributed by atoms with Gasteiger partial charge in [0.05, 0.1) is 0 Å². The first-order valence-corrected chi connectivity index (χ1v) is 6.34. The molecule has 19 heavy (non-hydrogen) atoms. The van der Waals surface area contributed by atoms with Crippen LogP contribution in [0.25, 0.3) is 11.2 Å². The highest BCUT2D eigenvalue weighted by molar-refractivity contribution is 5.74. The minimum Gasteiger partial charge on any atom is -0.304 e. The number of anilines is 1. The molecule has 8 heteroatoms. The predicted molar refractivity (Wildman–Crippen MR) is 73.0 cm³/mol. The lowest BCUT2D eigenvalue weighted by molar-refractivity contribution is 0.613. The van der Waals surface area contributed by atoms with Crippen molar-refractivity contribution in [1.29, 1.82) is 0 Å². The topological polar surface area (TPSA) is 111 Å². The SMILES string of the molecule is CCCCn1c(=O)[nH]c(=O)c2c1nc(NN)n2CC. The highest BCUT2D eigenvalue weighted by Crippen LogP contribution is 2.14. The smallest absolute Gasteiger partial charge is 0.304 e. The number of nitrogen functional groups attached to an aromatic ring is 1. The van der Waals surface area contributed by atoms with Crippen LogP contribution in [0.3, 0.4) is 0 Å². The number of H-pyrrole nitrogens is 1. The Labute approximate surface area is 109 Å². The van der Waals surface area contributed by atoms with E-state index in [1.54, 1.807) is 4.57 Å². The summed E-state index contributed by atoms with van der Waals surface area (Å²) in [4.78, 5) is 30.4. The summed E-state index contributed by atoms with van der Waals surface area (Å²) in [6, 6.07) is 0. The Morgan fingerprint density at radius 3 is 2.63 bits per heavy atom. The van der Waals surface area contributed by atoms with Crippen molar-refractivity contribution >= 4 is 17.1 Å². The Hall–Kier alpha value is -2.09. The second-order valence-electron chi connectivity index (χ2n) is 4.26. The van der Waals surface area contributed by atoms with Gasteiger partial charge >= 0.3 is 5.69 Å². The molecule has 0 aromatic carbocycles. The van der Waals surface area contributed by atoms with Crippen LogP contribution in [0.2, 0.25) is 0 Å². The monoisotopic (exact) mass is 266 g/mol. The quantitative estimate of drug-likeness (QED) is 0.521. The van der Waals surface area contributed by atoms with Gasteiger partial charge in [-0.15, -0.1) is 0 Å². The first-order valence-electron chi connectivity index (χ1n) is 6.34. The molecule has 0 fully saturated rings. The van der Waals surface area contributed by atoms with E-state index in [4.69, 9.17) is 5.84 Å². The van der Waals surface area contributed by atoms with Crippen LogP contribution in [0.4, 0.5) is 5.95 Å². The first-order chi connectivity index (χ1) is 9.13. The average molecular weight is 266 g/mol. The molecule has 0 aliphatic rings. The lowest BCUT2D eigenvalue weighted by Crippen LogP contribution is -2.31. The third-order valence-electron chi connectivity index (χ3n) is 3.07. The number of nitrogens with zero attached hydrogens (tertiary/aromatic N) is 3. The predicted octanol–water partition coefficient (Wildman–Crippen LogP) is -0.00810. The number of hydrogen-bond acceptors (Lipinski definition) is 5. The molecule has 0 radical (unpaired) electrons. The van der Waals surface area contributed by atoms with Crippen molar-refractivity contribution in [2.75, 3.05) is 5.43 Å². The zero-order chi connectivity index (χ0) is 14.0. The normalized spacial score (nSPS) is 11.1. The first kappa shape index (κ1) is 13.3. The number of aryl methyl sites for hydroxylation is 2. The average Bonchev–Trinajstić information content (AvgIpc) is 2.77. The maximum atomic E-state index is 11.9. The van der Waals surface area contributed by atoms with Crippen molar-refractivity contribution in [2.24, 2.45) is 5.84 Å². The molecule has 0 aliphatic heterocycles. The van der Waals surface area contributed by atoms with Gasteiger partial charge in [-0.25, -0.2) is 10.6 Å². The molecule has 0 saturated heterocycles. The molecule has 0 spiro atoms. The summed E-state index contributed by atoms with van der Waals surface area (Å²) < 4.78 is 3.13. The number of nitrogens with one attached hydrogen (secondary N) is 2. The standard InChI is InChI=1S/C11H18N6O2/c1-3-5-6-17-8-7(9(18)14-11(17)19)16(4-2)10(13-8)15-12/h3-6,12H2,1-2H3,(H,13,15)(H,14,18,19). The number of hydrazine groups is 1. The Balaban J connectivity index is 2.79. The number of fused-ring (bicyclic) bond motifs is 1. The molecule has 4 N–H and O–H groups in total. The lowest BCUT2D eigenvalue weighted by atomic mass is 10.3. The van der Waals surface area contributed by atoms with Gasteiger partial charge in [-0.3, -0.25) is 19.8 Å². The van der Waals surface area contributed by atoms with Crippen LogP contribution in [0.1, 0.15) is 26.7 Å². The Morgan fingerprint density at radius 2 is 2.05 bits per heavy atom. The highest BCUT2D eigenvalue weighted by Gasteiger charge is 2.16. The molecule has 0 unspecified atom stereocenters. The fourth-order valence-electron chi connectivity index (χ4n) is 2.11. The third-order valence-corrected chi connectivity index (χ3v) is 3.07. The number of nitrogens with two attached hydrogens (primary N) is 1. The Morgan fingerprint density at radius 1 is 1.32 bits per heavy atom. The van der Waals surface area contributed by atoms with Crippen LogP contribution < -0.4 is 22.5 Å². The van der Waals surface area contributed by atoms with Crippen LogP contribution in [0, 0.1) is 0 Å². The van der Waals surface area contributed by atoms with Crippen LogP contribution in [-0.4, -0.2) is 19.1 Å². The Bertz CT molecular complexity index is 695. The fourth-order valence-corrected chi connectivity index (χ4v) is 2.11.